The number of fused-ring (bicyclic) bond motifs is 1. The van der Waals surface area contributed by atoms with Gasteiger partial charge in [0.05, 0.1) is 11.7 Å². The molecule has 0 amide bonds. The Morgan fingerprint density at radius 1 is 1.15 bits per heavy atom. The molecule has 0 bridgehead atoms. The van der Waals surface area contributed by atoms with Crippen LogP contribution in [0.1, 0.15) is 6.42 Å². The van der Waals surface area contributed by atoms with Crippen molar-refractivity contribution in [2.24, 2.45) is 14.1 Å². The van der Waals surface area contributed by atoms with Crippen LogP contribution in [0.15, 0.2) is 46.4 Å². The molecule has 0 aromatic carbocycles. The second-order valence-corrected chi connectivity index (χ2v) is 6.57. The Kier molecular flexibility index (Phi) is 3.95. The van der Waals surface area contributed by atoms with E-state index in [4.69, 9.17) is 0 Å². The van der Waals surface area contributed by atoms with E-state index >= 15 is 0 Å². The Bertz CT molecular complexity index is 1080. The van der Waals surface area contributed by atoms with Gasteiger partial charge in [0.1, 0.15) is 5.82 Å². The minimum absolute atomic E-state index is 0.216. The first kappa shape index (κ1) is 16.3. The normalized spacial score (nSPS) is 17.0. The Balaban J connectivity index is 1.58. The van der Waals surface area contributed by atoms with Gasteiger partial charge in [0.25, 0.3) is 5.56 Å². The Hall–Kier alpha value is -3.16. The number of nitrogens with one attached hydrogen (secondary N) is 1. The summed E-state index contributed by atoms with van der Waals surface area (Å²) in [6.07, 6.45) is 6.19. The van der Waals surface area contributed by atoms with Crippen molar-refractivity contribution in [1.29, 1.82) is 0 Å². The molecule has 1 N–H and O–H groups in total. The van der Waals surface area contributed by atoms with E-state index < -0.39 is 0 Å². The number of anilines is 2. The fourth-order valence-corrected chi connectivity index (χ4v) is 3.46. The van der Waals surface area contributed by atoms with Crippen molar-refractivity contribution >= 4 is 22.4 Å². The predicted octanol–water partition coefficient (Wildman–Crippen LogP) is 0.718. The molecule has 8 nitrogen and oxygen atoms in total. The zero-order valence-corrected chi connectivity index (χ0v) is 14.7. The minimum atomic E-state index is -0.309. The van der Waals surface area contributed by atoms with Gasteiger partial charge in [-0.15, -0.1) is 0 Å². The standard InChI is InChI=1S/C18H20N6O2/c1-22-16(9-17(25)23(2)18(22)26)24-8-5-12(11-24)21-14-4-7-20-15-10-19-6-3-13(14)15/h3-4,6-7,9-10,12H,5,8,11H2,1-2H3,(H,20,21)/t12-/m0/s1. The van der Waals surface area contributed by atoms with Crippen LogP contribution in [0.4, 0.5) is 11.5 Å². The molecule has 0 aliphatic carbocycles. The van der Waals surface area contributed by atoms with Gasteiger partial charge in [-0.2, -0.15) is 0 Å². The Morgan fingerprint density at radius 3 is 2.85 bits per heavy atom. The van der Waals surface area contributed by atoms with Gasteiger partial charge < -0.3 is 10.2 Å². The van der Waals surface area contributed by atoms with Crippen LogP contribution < -0.4 is 21.5 Å². The van der Waals surface area contributed by atoms with Gasteiger partial charge >= 0.3 is 5.69 Å². The lowest BCUT2D eigenvalue weighted by Gasteiger charge is -2.22. The number of aromatic nitrogens is 4. The highest BCUT2D eigenvalue weighted by Crippen LogP contribution is 2.24. The molecule has 0 spiro atoms. The third kappa shape index (κ3) is 2.73. The maximum Gasteiger partial charge on any atom is 0.332 e. The fraction of sp³-hybridized carbons (Fsp3) is 0.333. The van der Waals surface area contributed by atoms with Gasteiger partial charge in [0, 0.05) is 62.8 Å². The molecule has 3 aromatic heterocycles. The first-order chi connectivity index (χ1) is 12.5. The summed E-state index contributed by atoms with van der Waals surface area (Å²) in [4.78, 5) is 34.7. The van der Waals surface area contributed by atoms with Crippen molar-refractivity contribution in [3.05, 3.63) is 57.6 Å². The van der Waals surface area contributed by atoms with E-state index in [0.717, 1.165) is 40.7 Å². The summed E-state index contributed by atoms with van der Waals surface area (Å²) >= 11 is 0. The summed E-state index contributed by atoms with van der Waals surface area (Å²) in [6, 6.07) is 5.64. The van der Waals surface area contributed by atoms with Crippen LogP contribution in [0.25, 0.3) is 10.9 Å². The van der Waals surface area contributed by atoms with Crippen LogP contribution in [-0.4, -0.2) is 38.2 Å². The monoisotopic (exact) mass is 352 g/mol. The maximum absolute atomic E-state index is 12.2. The quantitative estimate of drug-likeness (QED) is 0.748. The van der Waals surface area contributed by atoms with E-state index in [1.54, 1.807) is 25.6 Å². The fourth-order valence-electron chi connectivity index (χ4n) is 3.46. The molecule has 134 valence electrons. The van der Waals surface area contributed by atoms with Crippen molar-refractivity contribution in [3.8, 4) is 0 Å². The van der Waals surface area contributed by atoms with Gasteiger partial charge in [-0.05, 0) is 18.6 Å². The summed E-state index contributed by atoms with van der Waals surface area (Å²) < 4.78 is 2.64. The molecule has 8 heteroatoms. The van der Waals surface area contributed by atoms with Crippen LogP contribution in [0.3, 0.4) is 0 Å². The van der Waals surface area contributed by atoms with Crippen LogP contribution in [0.5, 0.6) is 0 Å². The first-order valence-electron chi connectivity index (χ1n) is 8.52. The lowest BCUT2D eigenvalue weighted by atomic mass is 10.2. The summed E-state index contributed by atoms with van der Waals surface area (Å²) in [5.41, 5.74) is 1.27. The lowest BCUT2D eigenvalue weighted by molar-refractivity contribution is 0.672. The van der Waals surface area contributed by atoms with Crippen molar-refractivity contribution in [3.63, 3.8) is 0 Å². The highest BCUT2D eigenvalue weighted by atomic mass is 16.2. The lowest BCUT2D eigenvalue weighted by Crippen LogP contribution is -2.40. The van der Waals surface area contributed by atoms with Crippen LogP contribution >= 0.6 is 0 Å². The molecular weight excluding hydrogens is 332 g/mol. The smallest absolute Gasteiger partial charge is 0.332 e. The zero-order chi connectivity index (χ0) is 18.3. The molecule has 4 heterocycles. The van der Waals surface area contributed by atoms with E-state index in [0.29, 0.717) is 5.82 Å². The molecule has 0 radical (unpaired) electrons. The summed E-state index contributed by atoms with van der Waals surface area (Å²) in [5.74, 6) is 0.659. The van der Waals surface area contributed by atoms with Gasteiger partial charge in [-0.1, -0.05) is 0 Å². The topological polar surface area (TPSA) is 85.1 Å². The highest BCUT2D eigenvalue weighted by Gasteiger charge is 2.25. The van der Waals surface area contributed by atoms with Crippen molar-refractivity contribution in [2.75, 3.05) is 23.3 Å². The van der Waals surface area contributed by atoms with Gasteiger partial charge in [0.2, 0.25) is 0 Å². The third-order valence-corrected chi connectivity index (χ3v) is 4.92. The average Bonchev–Trinajstić information content (AvgIpc) is 3.11. The van der Waals surface area contributed by atoms with Crippen molar-refractivity contribution in [1.82, 2.24) is 19.1 Å². The summed E-state index contributed by atoms with van der Waals surface area (Å²) in [6.45, 7) is 1.50. The van der Waals surface area contributed by atoms with Crippen LogP contribution in [-0.2, 0) is 14.1 Å². The molecule has 0 unspecified atom stereocenters. The number of pyridine rings is 2. The maximum atomic E-state index is 12.2. The molecule has 0 saturated carbocycles. The average molecular weight is 352 g/mol. The molecular formula is C18H20N6O2. The predicted molar refractivity (Wildman–Crippen MR) is 101 cm³/mol. The van der Waals surface area contributed by atoms with E-state index in [2.05, 4.69) is 20.2 Å². The molecule has 1 aliphatic rings. The first-order valence-corrected chi connectivity index (χ1v) is 8.52. The number of rotatable bonds is 3. The van der Waals surface area contributed by atoms with Gasteiger partial charge in [0.15, 0.2) is 0 Å². The van der Waals surface area contributed by atoms with Crippen molar-refractivity contribution < 1.29 is 0 Å². The zero-order valence-electron chi connectivity index (χ0n) is 14.7. The number of hydrogen-bond acceptors (Lipinski definition) is 6. The highest BCUT2D eigenvalue weighted by molar-refractivity contribution is 5.90. The second-order valence-electron chi connectivity index (χ2n) is 6.57. The molecule has 1 aliphatic heterocycles. The Morgan fingerprint density at radius 2 is 2.00 bits per heavy atom. The molecule has 4 rings (SSSR count). The van der Waals surface area contributed by atoms with Gasteiger partial charge in [-0.3, -0.25) is 23.9 Å². The van der Waals surface area contributed by atoms with Gasteiger partial charge in [-0.25, -0.2) is 4.79 Å². The molecule has 1 atom stereocenters. The largest absolute Gasteiger partial charge is 0.380 e. The molecule has 26 heavy (non-hydrogen) atoms. The third-order valence-electron chi connectivity index (χ3n) is 4.92. The van der Waals surface area contributed by atoms with E-state index in [1.165, 1.54) is 17.7 Å². The minimum Gasteiger partial charge on any atom is -0.380 e. The van der Waals surface area contributed by atoms with E-state index in [-0.39, 0.29) is 17.3 Å². The van der Waals surface area contributed by atoms with Crippen LogP contribution in [0, 0.1) is 0 Å². The molecule has 1 saturated heterocycles. The summed E-state index contributed by atoms with van der Waals surface area (Å²) in [5, 5.41) is 4.59. The molecule has 1 fully saturated rings. The second kappa shape index (κ2) is 6.29. The SMILES string of the molecule is Cn1c(N2CC[C@H](Nc3ccnc4cnccc34)C2)cc(=O)n(C)c1=O. The Labute approximate surface area is 149 Å². The van der Waals surface area contributed by atoms with Crippen molar-refractivity contribution in [2.45, 2.75) is 12.5 Å². The number of hydrogen-bond donors (Lipinski definition) is 1. The number of nitrogens with zero attached hydrogens (tertiary/aromatic N) is 5. The van der Waals surface area contributed by atoms with E-state index in [1.807, 2.05) is 12.1 Å². The summed E-state index contributed by atoms with van der Waals surface area (Å²) in [7, 11) is 3.19. The van der Waals surface area contributed by atoms with E-state index in [9.17, 15) is 9.59 Å². The molecule has 3 aromatic rings. The van der Waals surface area contributed by atoms with Crippen LogP contribution in [0.2, 0.25) is 0 Å².